The Morgan fingerprint density at radius 1 is 0.907 bits per heavy atom. The fraction of sp³-hybridized carbons (Fsp3) is 0.407. The van der Waals surface area contributed by atoms with Crippen LogP contribution in [0, 0.1) is 0 Å². The monoisotopic (exact) mass is 634 g/mol. The molecule has 0 saturated carbocycles. The van der Waals surface area contributed by atoms with Crippen LogP contribution in [0.3, 0.4) is 0 Å². The Balaban J connectivity index is 0.000000303. The van der Waals surface area contributed by atoms with Crippen LogP contribution in [0.4, 0.5) is 26.3 Å². The van der Waals surface area contributed by atoms with Gasteiger partial charge in [-0.25, -0.2) is 14.6 Å². The van der Waals surface area contributed by atoms with Crippen LogP contribution in [0.1, 0.15) is 35.9 Å². The molecule has 1 saturated heterocycles. The molecule has 1 fully saturated rings. The van der Waals surface area contributed by atoms with Crippen molar-refractivity contribution in [2.24, 2.45) is 0 Å². The van der Waals surface area contributed by atoms with E-state index in [1.54, 1.807) is 11.3 Å². The van der Waals surface area contributed by atoms with Gasteiger partial charge >= 0.3 is 24.3 Å². The predicted molar refractivity (Wildman–Crippen MR) is 143 cm³/mol. The van der Waals surface area contributed by atoms with Gasteiger partial charge < -0.3 is 19.7 Å². The van der Waals surface area contributed by atoms with E-state index in [4.69, 9.17) is 24.8 Å². The van der Waals surface area contributed by atoms with Crippen LogP contribution in [0.25, 0.3) is 11.3 Å². The van der Waals surface area contributed by atoms with E-state index < -0.39 is 24.3 Å². The normalized spacial score (nSPS) is 16.3. The lowest BCUT2D eigenvalue weighted by Gasteiger charge is -2.50. The molecule has 234 valence electrons. The molecule has 0 atom stereocenters. The van der Waals surface area contributed by atoms with Crippen molar-refractivity contribution < 1.29 is 50.9 Å². The molecule has 9 nitrogen and oxygen atoms in total. The average molecular weight is 635 g/mol. The SMILES string of the molecule is CCN1CCn2c(-c3ccccc3)cnc2C12CCN(C(=O)c1ccsc1)CC2.O=C(O)C(F)(F)F.O=C(O)C(F)(F)F. The highest BCUT2D eigenvalue weighted by Crippen LogP contribution is 2.42. The van der Waals surface area contributed by atoms with Gasteiger partial charge in [-0.05, 0) is 36.4 Å². The third kappa shape index (κ3) is 7.93. The van der Waals surface area contributed by atoms with Crippen LogP contribution in [0.15, 0.2) is 53.4 Å². The molecule has 0 unspecified atom stereocenters. The topological polar surface area (TPSA) is 116 Å². The number of piperidine rings is 1. The highest BCUT2D eigenvalue weighted by Gasteiger charge is 2.47. The van der Waals surface area contributed by atoms with Crippen molar-refractivity contribution >= 4 is 29.2 Å². The molecule has 43 heavy (non-hydrogen) atoms. The molecule has 5 rings (SSSR count). The van der Waals surface area contributed by atoms with E-state index in [9.17, 15) is 31.1 Å². The standard InChI is InChI=1S/C23H26N4OS.2C2HF3O2/c1-2-26-13-14-27-20(18-6-4-3-5-7-18)16-24-22(27)23(26)9-11-25(12-10-23)21(28)19-8-15-29-17-19;2*3-2(4,5)1(6)7/h3-8,15-17H,2,9-14H2,1H3;2*(H,6,7). The number of aliphatic carboxylic acids is 2. The van der Waals surface area contributed by atoms with Crippen LogP contribution in [-0.4, -0.2) is 85.9 Å². The molecule has 1 amide bonds. The van der Waals surface area contributed by atoms with Gasteiger partial charge in [-0.3, -0.25) is 9.69 Å². The van der Waals surface area contributed by atoms with Gasteiger partial charge in [0, 0.05) is 31.6 Å². The summed E-state index contributed by atoms with van der Waals surface area (Å²) in [6, 6.07) is 12.5. The molecule has 1 spiro atoms. The smallest absolute Gasteiger partial charge is 0.475 e. The lowest BCUT2D eigenvalue weighted by Crippen LogP contribution is -2.58. The molecule has 2 aromatic heterocycles. The number of hydrogen-bond donors (Lipinski definition) is 2. The van der Waals surface area contributed by atoms with Crippen molar-refractivity contribution in [3.05, 3.63) is 64.7 Å². The zero-order valence-electron chi connectivity index (χ0n) is 22.7. The van der Waals surface area contributed by atoms with Crippen molar-refractivity contribution in [2.75, 3.05) is 26.2 Å². The third-order valence-corrected chi connectivity index (χ3v) is 7.74. The number of carboxylic acid groups (broad SMARTS) is 2. The number of aromatic nitrogens is 2. The van der Waals surface area contributed by atoms with Crippen molar-refractivity contribution in [2.45, 2.75) is 44.2 Å². The number of carbonyl (C=O) groups is 3. The van der Waals surface area contributed by atoms with Gasteiger partial charge in [-0.1, -0.05) is 37.3 Å². The summed E-state index contributed by atoms with van der Waals surface area (Å²) in [6.45, 7) is 6.79. The highest BCUT2D eigenvalue weighted by molar-refractivity contribution is 7.08. The molecular weight excluding hydrogens is 606 g/mol. The molecule has 16 heteroatoms. The first kappa shape index (κ1) is 33.6. The number of thiophene rings is 1. The maximum Gasteiger partial charge on any atom is 0.490 e. The summed E-state index contributed by atoms with van der Waals surface area (Å²) in [6.07, 6.45) is -6.27. The lowest BCUT2D eigenvalue weighted by atomic mass is 9.83. The number of hydrogen-bond acceptors (Lipinski definition) is 6. The maximum absolute atomic E-state index is 12.8. The molecule has 2 aliphatic rings. The lowest BCUT2D eigenvalue weighted by molar-refractivity contribution is -0.193. The molecule has 0 bridgehead atoms. The predicted octanol–water partition coefficient (Wildman–Crippen LogP) is 5.35. The Bertz CT molecular complexity index is 1360. The summed E-state index contributed by atoms with van der Waals surface area (Å²) < 4.78 is 65.9. The Hall–Kier alpha value is -3.92. The summed E-state index contributed by atoms with van der Waals surface area (Å²) in [5, 5.41) is 18.2. The van der Waals surface area contributed by atoms with E-state index in [1.807, 2.05) is 27.9 Å². The zero-order valence-corrected chi connectivity index (χ0v) is 23.5. The van der Waals surface area contributed by atoms with Crippen LogP contribution in [0.2, 0.25) is 0 Å². The summed E-state index contributed by atoms with van der Waals surface area (Å²) in [7, 11) is 0. The Labute approximate surface area is 246 Å². The zero-order chi connectivity index (χ0) is 32.0. The van der Waals surface area contributed by atoms with Crippen molar-refractivity contribution in [3.8, 4) is 11.3 Å². The first-order valence-corrected chi connectivity index (χ1v) is 13.8. The van der Waals surface area contributed by atoms with Gasteiger partial charge in [0.15, 0.2) is 0 Å². The van der Waals surface area contributed by atoms with Gasteiger partial charge in [0.05, 0.1) is 23.0 Å². The van der Waals surface area contributed by atoms with Gasteiger partial charge in [-0.15, -0.1) is 0 Å². The number of fused-ring (bicyclic) bond motifs is 2. The number of alkyl halides is 6. The van der Waals surface area contributed by atoms with Crippen molar-refractivity contribution in [1.29, 1.82) is 0 Å². The number of carbonyl (C=O) groups excluding carboxylic acids is 1. The average Bonchev–Trinajstić information content (AvgIpc) is 3.65. The minimum absolute atomic E-state index is 0.0779. The van der Waals surface area contributed by atoms with Gasteiger partial charge in [-0.2, -0.15) is 37.7 Å². The van der Waals surface area contributed by atoms with Gasteiger partial charge in [0.2, 0.25) is 0 Å². The van der Waals surface area contributed by atoms with E-state index in [0.29, 0.717) is 0 Å². The number of rotatable bonds is 3. The number of likely N-dealkylation sites (N-methyl/N-ethyl adjacent to an activating group) is 1. The highest BCUT2D eigenvalue weighted by atomic mass is 32.1. The summed E-state index contributed by atoms with van der Waals surface area (Å²) in [5.74, 6) is -4.18. The third-order valence-electron chi connectivity index (χ3n) is 7.05. The van der Waals surface area contributed by atoms with E-state index >= 15 is 0 Å². The van der Waals surface area contributed by atoms with E-state index in [0.717, 1.165) is 51.1 Å². The van der Waals surface area contributed by atoms with E-state index in [1.165, 1.54) is 17.1 Å². The second kappa shape index (κ2) is 13.6. The summed E-state index contributed by atoms with van der Waals surface area (Å²) >= 11 is 1.58. The number of amides is 1. The quantitative estimate of drug-likeness (QED) is 0.374. The fourth-order valence-electron chi connectivity index (χ4n) is 5.04. The molecule has 2 N–H and O–H groups in total. The maximum atomic E-state index is 12.8. The molecule has 0 aliphatic carbocycles. The van der Waals surface area contributed by atoms with Gasteiger partial charge in [0.1, 0.15) is 5.82 Å². The van der Waals surface area contributed by atoms with Crippen molar-refractivity contribution in [3.63, 3.8) is 0 Å². The first-order chi connectivity index (χ1) is 20.1. The number of imidazole rings is 1. The number of likely N-dealkylation sites (tertiary alicyclic amines) is 1. The number of halogens is 6. The molecule has 0 radical (unpaired) electrons. The van der Waals surface area contributed by atoms with Gasteiger partial charge in [0.25, 0.3) is 5.91 Å². The minimum Gasteiger partial charge on any atom is -0.475 e. The second-order valence-electron chi connectivity index (χ2n) is 9.51. The first-order valence-electron chi connectivity index (χ1n) is 12.9. The Morgan fingerprint density at radius 2 is 1.47 bits per heavy atom. The number of nitrogens with zero attached hydrogens (tertiary/aromatic N) is 4. The molecular formula is C27H28F6N4O5S. The Kier molecular flexibility index (Phi) is 10.6. The number of carboxylic acids is 2. The van der Waals surface area contributed by atoms with Crippen LogP contribution >= 0.6 is 11.3 Å². The van der Waals surface area contributed by atoms with Crippen LogP contribution in [0.5, 0.6) is 0 Å². The van der Waals surface area contributed by atoms with Crippen molar-refractivity contribution in [1.82, 2.24) is 19.4 Å². The summed E-state index contributed by atoms with van der Waals surface area (Å²) in [5.41, 5.74) is 3.16. The molecule has 2 aliphatic heterocycles. The fourth-order valence-corrected chi connectivity index (χ4v) is 5.67. The van der Waals surface area contributed by atoms with Crippen LogP contribution < -0.4 is 0 Å². The molecule has 4 heterocycles. The second-order valence-corrected chi connectivity index (χ2v) is 10.3. The minimum atomic E-state index is -5.08. The summed E-state index contributed by atoms with van der Waals surface area (Å²) in [4.78, 5) is 40.2. The van der Waals surface area contributed by atoms with E-state index in [2.05, 4.69) is 46.7 Å². The Morgan fingerprint density at radius 3 is 1.93 bits per heavy atom. The molecule has 3 aromatic rings. The number of benzene rings is 1. The molecule has 1 aromatic carbocycles. The van der Waals surface area contributed by atoms with Crippen LogP contribution in [-0.2, 0) is 21.7 Å². The van der Waals surface area contributed by atoms with E-state index in [-0.39, 0.29) is 11.4 Å². The largest absolute Gasteiger partial charge is 0.490 e.